The molecule has 6 atom stereocenters. The van der Waals surface area contributed by atoms with Crippen molar-refractivity contribution in [3.05, 3.63) is 0 Å². The number of carboxylic acid groups (broad SMARTS) is 2. The van der Waals surface area contributed by atoms with E-state index in [-0.39, 0.29) is 37.5 Å². The lowest BCUT2D eigenvalue weighted by Gasteiger charge is -2.27. The monoisotopic (exact) mass is 786 g/mol. The highest BCUT2D eigenvalue weighted by Crippen LogP contribution is 2.10. The first-order chi connectivity index (χ1) is 25.5. The number of hydrogen-bond donors (Lipinski definition) is 12. The number of nitrogens with one attached hydrogen (secondary N) is 7. The summed E-state index contributed by atoms with van der Waals surface area (Å²) in [5.74, 6) is -11.9. The first-order valence-corrected chi connectivity index (χ1v) is 17.3. The first kappa shape index (κ1) is 49.1. The van der Waals surface area contributed by atoms with E-state index >= 15 is 0 Å². The summed E-state index contributed by atoms with van der Waals surface area (Å²) < 4.78 is 0. The molecule has 0 spiro atoms. The van der Waals surface area contributed by atoms with Gasteiger partial charge in [-0.25, -0.2) is 0 Å². The third-order valence-electron chi connectivity index (χ3n) is 7.41. The zero-order chi connectivity index (χ0) is 42.6. The van der Waals surface area contributed by atoms with Gasteiger partial charge in [0.1, 0.15) is 42.8 Å². The average molecular weight is 787 g/mol. The molecule has 0 bridgehead atoms. The highest BCUT2D eigenvalue weighted by molar-refractivity contribution is 5.98. The van der Waals surface area contributed by atoms with Gasteiger partial charge in [-0.1, -0.05) is 27.7 Å². The van der Waals surface area contributed by atoms with Crippen molar-refractivity contribution in [2.45, 2.75) is 109 Å². The van der Waals surface area contributed by atoms with E-state index in [2.05, 4.69) is 31.9 Å². The predicted octanol–water partition coefficient (Wildman–Crippen LogP) is -5.22. The predicted molar refractivity (Wildman–Crippen MR) is 190 cm³/mol. The van der Waals surface area contributed by atoms with Crippen LogP contribution >= 0.6 is 0 Å². The van der Waals surface area contributed by atoms with Crippen molar-refractivity contribution < 1.29 is 63.0 Å². The van der Waals surface area contributed by atoms with Gasteiger partial charge < -0.3 is 64.6 Å². The topological polar surface area (TPSA) is 390 Å². The summed E-state index contributed by atoms with van der Waals surface area (Å²) in [5, 5.41) is 34.3. The van der Waals surface area contributed by atoms with Gasteiger partial charge in [-0.15, -0.1) is 0 Å². The molecular formula is C32H54N10O13. The third-order valence-corrected chi connectivity index (χ3v) is 7.41. The molecule has 0 aliphatic heterocycles. The van der Waals surface area contributed by atoms with Crippen LogP contribution in [0.25, 0.3) is 0 Å². The van der Waals surface area contributed by atoms with Gasteiger partial charge in [-0.2, -0.15) is 0 Å². The van der Waals surface area contributed by atoms with Crippen molar-refractivity contribution in [2.75, 3.05) is 13.1 Å². The number of carboxylic acids is 2. The number of carbonyl (C=O) groups is 11. The molecule has 0 heterocycles. The molecule has 310 valence electrons. The van der Waals surface area contributed by atoms with E-state index in [9.17, 15) is 57.8 Å². The summed E-state index contributed by atoms with van der Waals surface area (Å²) in [7, 11) is 0. The smallest absolute Gasteiger partial charge is 0.322 e. The lowest BCUT2D eigenvalue weighted by atomic mass is 10.0. The fourth-order valence-electron chi connectivity index (χ4n) is 4.79. The Morgan fingerprint density at radius 3 is 1.38 bits per heavy atom. The molecule has 23 nitrogen and oxygen atoms in total. The van der Waals surface area contributed by atoms with Gasteiger partial charge in [0.25, 0.3) is 0 Å². The van der Waals surface area contributed by atoms with Gasteiger partial charge in [-0.05, 0) is 38.0 Å². The van der Waals surface area contributed by atoms with Gasteiger partial charge in [-0.3, -0.25) is 52.7 Å². The Morgan fingerprint density at radius 2 is 0.945 bits per heavy atom. The van der Waals surface area contributed by atoms with Crippen LogP contribution < -0.4 is 54.4 Å². The van der Waals surface area contributed by atoms with Crippen molar-refractivity contribution in [1.29, 1.82) is 0 Å². The number of primary amides is 2. The van der Waals surface area contributed by atoms with E-state index in [1.165, 1.54) is 6.92 Å². The van der Waals surface area contributed by atoms with Crippen LogP contribution in [0.4, 0.5) is 0 Å². The molecule has 55 heavy (non-hydrogen) atoms. The molecule has 0 radical (unpaired) electrons. The van der Waals surface area contributed by atoms with Gasteiger partial charge in [0.2, 0.25) is 53.2 Å². The van der Waals surface area contributed by atoms with Gasteiger partial charge in [0, 0.05) is 6.42 Å². The molecule has 0 saturated carbocycles. The number of rotatable bonds is 26. The van der Waals surface area contributed by atoms with Crippen LogP contribution in [0.15, 0.2) is 0 Å². The molecule has 9 amide bonds. The number of nitrogens with two attached hydrogens (primary N) is 3. The van der Waals surface area contributed by atoms with Crippen LogP contribution in [0.1, 0.15) is 73.1 Å². The maximum atomic E-state index is 13.5. The Bertz CT molecular complexity index is 1440. The Labute approximate surface area is 316 Å². The van der Waals surface area contributed by atoms with Crippen LogP contribution in [0.5, 0.6) is 0 Å². The summed E-state index contributed by atoms with van der Waals surface area (Å²) in [6, 6.07) is -8.89. The molecule has 0 aliphatic carbocycles. The molecule has 0 unspecified atom stereocenters. The van der Waals surface area contributed by atoms with Crippen molar-refractivity contribution in [3.8, 4) is 0 Å². The molecule has 0 saturated heterocycles. The molecule has 15 N–H and O–H groups in total. The van der Waals surface area contributed by atoms with Crippen LogP contribution in [-0.2, 0) is 52.7 Å². The van der Waals surface area contributed by atoms with Crippen molar-refractivity contribution in [1.82, 2.24) is 37.2 Å². The number of hydrogen-bond acceptors (Lipinski definition) is 12. The second-order valence-corrected chi connectivity index (χ2v) is 13.4. The zero-order valence-corrected chi connectivity index (χ0v) is 31.4. The second kappa shape index (κ2) is 24.4. The molecular weight excluding hydrogens is 732 g/mol. The van der Waals surface area contributed by atoms with Crippen molar-refractivity contribution in [2.24, 2.45) is 29.0 Å². The summed E-state index contributed by atoms with van der Waals surface area (Å²) in [6.07, 6.45) is -2.28. The fourth-order valence-corrected chi connectivity index (χ4v) is 4.79. The Balaban J connectivity index is 6.12. The maximum absolute atomic E-state index is 13.5. The van der Waals surface area contributed by atoms with Crippen molar-refractivity contribution in [3.63, 3.8) is 0 Å². The molecule has 0 rings (SSSR count). The summed E-state index contributed by atoms with van der Waals surface area (Å²) >= 11 is 0. The third kappa shape index (κ3) is 20.8. The highest BCUT2D eigenvalue weighted by atomic mass is 16.4. The fraction of sp³-hybridized carbons (Fsp3) is 0.656. The van der Waals surface area contributed by atoms with Crippen LogP contribution in [0, 0.1) is 11.8 Å². The van der Waals surface area contributed by atoms with Gasteiger partial charge in [0.15, 0.2) is 0 Å². The largest absolute Gasteiger partial charge is 0.481 e. The molecule has 23 heteroatoms. The highest BCUT2D eigenvalue weighted by Gasteiger charge is 2.34. The number of carbonyl (C=O) groups excluding carboxylic acids is 9. The minimum absolute atomic E-state index is 0.0216. The summed E-state index contributed by atoms with van der Waals surface area (Å²) in [6.45, 7) is 6.68. The number of amides is 9. The van der Waals surface area contributed by atoms with Crippen molar-refractivity contribution >= 4 is 65.1 Å². The van der Waals surface area contributed by atoms with E-state index in [1.54, 1.807) is 27.7 Å². The van der Waals surface area contributed by atoms with E-state index in [0.717, 1.165) is 0 Å². The standard InChI is InChI=1S/C32H54N10O13/c1-14(2)8-18(30(53)37-16(5)27(50)39-20(10-23(35)44)28(51)36-13-26(48)49)41-32(55)21(11-25(46)47)42-31(54)19(9-15(3)4)40-29(52)17(6-7-22(34)43)38-24(45)12-33/h14-21H,6-13,33H2,1-5H3,(H2,34,43)(H2,35,44)(H,36,51)(H,37,53)(H,38,45)(H,39,50)(H,40,52)(H,41,55)(H,42,54)(H,46,47)(H,48,49)/t16-,17-,18-,19-,20-,21-/m0/s1. The molecule has 0 fully saturated rings. The summed E-state index contributed by atoms with van der Waals surface area (Å²) in [4.78, 5) is 136. The second-order valence-electron chi connectivity index (χ2n) is 13.4. The van der Waals surface area contributed by atoms with E-state index < -0.39 is 127 Å². The Morgan fingerprint density at radius 1 is 0.509 bits per heavy atom. The van der Waals surface area contributed by atoms with E-state index in [1.807, 2.05) is 5.32 Å². The van der Waals surface area contributed by atoms with E-state index in [0.29, 0.717) is 0 Å². The van der Waals surface area contributed by atoms with Crippen LogP contribution in [0.2, 0.25) is 0 Å². The lowest BCUT2D eigenvalue weighted by molar-refractivity contribution is -0.142. The van der Waals surface area contributed by atoms with E-state index in [4.69, 9.17) is 22.3 Å². The van der Waals surface area contributed by atoms with Gasteiger partial charge >= 0.3 is 11.9 Å². The SMILES string of the molecule is CC(C)C[C@H](NC(=O)[C@H](CC(=O)O)NC(=O)[C@H](CC(C)C)NC(=O)[C@H](CCC(N)=O)NC(=O)CN)C(=O)N[C@@H](C)C(=O)N[C@@H](CC(N)=O)C(=O)NCC(=O)O. The Hall–Kier alpha value is -5.87. The minimum atomic E-state index is -1.79. The quantitative estimate of drug-likeness (QED) is 0.0390. The molecule has 0 aromatic rings. The first-order valence-electron chi connectivity index (χ1n) is 17.3. The minimum Gasteiger partial charge on any atom is -0.481 e. The van der Waals surface area contributed by atoms with Crippen LogP contribution in [0.3, 0.4) is 0 Å². The molecule has 0 aromatic carbocycles. The maximum Gasteiger partial charge on any atom is 0.322 e. The van der Waals surface area contributed by atoms with Gasteiger partial charge in [0.05, 0.1) is 19.4 Å². The zero-order valence-electron chi connectivity index (χ0n) is 31.4. The average Bonchev–Trinajstić information content (AvgIpc) is 3.06. The normalized spacial score (nSPS) is 14.1. The lowest BCUT2D eigenvalue weighted by Crippen LogP contribution is -2.60. The summed E-state index contributed by atoms with van der Waals surface area (Å²) in [5.41, 5.74) is 15.6. The molecule has 0 aromatic heterocycles. The van der Waals surface area contributed by atoms with Crippen LogP contribution in [-0.4, -0.2) is 125 Å². The molecule has 0 aliphatic rings. The Kier molecular flexibility index (Phi) is 21.8. The number of aliphatic carboxylic acids is 2.